The predicted octanol–water partition coefficient (Wildman–Crippen LogP) is 0.0357. The van der Waals surface area contributed by atoms with E-state index in [9.17, 15) is 23.6 Å². The molecule has 30 heavy (non-hydrogen) atoms. The predicted molar refractivity (Wildman–Crippen MR) is 100 cm³/mol. The maximum Gasteiger partial charge on any atom is 0.333 e. The van der Waals surface area contributed by atoms with Gasteiger partial charge in [0, 0.05) is 32.8 Å². The van der Waals surface area contributed by atoms with Crippen LogP contribution in [0.4, 0.5) is 4.39 Å². The molecule has 2 saturated heterocycles. The molecule has 2 aromatic rings. The van der Waals surface area contributed by atoms with Crippen LogP contribution in [0.25, 0.3) is 0 Å². The summed E-state index contributed by atoms with van der Waals surface area (Å²) in [5.74, 6) is -1.67. The van der Waals surface area contributed by atoms with E-state index >= 15 is 0 Å². The van der Waals surface area contributed by atoms with Gasteiger partial charge >= 0.3 is 5.69 Å². The first-order chi connectivity index (χ1) is 14.5. The summed E-state index contributed by atoms with van der Waals surface area (Å²) in [7, 11) is 0. The zero-order valence-corrected chi connectivity index (χ0v) is 16.2. The lowest BCUT2D eigenvalue weighted by Crippen LogP contribution is -2.53. The van der Waals surface area contributed by atoms with Gasteiger partial charge in [0.05, 0.1) is 12.5 Å². The lowest BCUT2D eigenvalue weighted by atomic mass is 10.2. The monoisotopic (exact) mass is 420 g/mol. The molecule has 160 valence electrons. The molecule has 2 amide bonds. The van der Waals surface area contributed by atoms with E-state index in [1.165, 1.54) is 11.2 Å². The van der Waals surface area contributed by atoms with Crippen molar-refractivity contribution in [2.24, 2.45) is 0 Å². The summed E-state index contributed by atoms with van der Waals surface area (Å²) in [6.45, 7) is 0.892. The molecule has 2 aromatic heterocycles. The SMILES string of the molecule is O=C(Cn1c(=O)c(F)cn([C@H]2CCCO2)c1=O)N1CCN(C(=O)c2ccco2)CC1. The Kier molecular flexibility index (Phi) is 5.53. The van der Waals surface area contributed by atoms with Crippen molar-refractivity contribution in [3.63, 3.8) is 0 Å². The average molecular weight is 420 g/mol. The van der Waals surface area contributed by atoms with Crippen LogP contribution in [0.5, 0.6) is 0 Å². The van der Waals surface area contributed by atoms with E-state index in [0.29, 0.717) is 17.6 Å². The van der Waals surface area contributed by atoms with Gasteiger partial charge in [-0.3, -0.25) is 19.0 Å². The van der Waals surface area contributed by atoms with Gasteiger partial charge in [-0.05, 0) is 25.0 Å². The van der Waals surface area contributed by atoms with Crippen molar-refractivity contribution in [3.05, 3.63) is 57.0 Å². The lowest BCUT2D eigenvalue weighted by Gasteiger charge is -2.34. The highest BCUT2D eigenvalue weighted by Crippen LogP contribution is 2.20. The maximum atomic E-state index is 14.1. The van der Waals surface area contributed by atoms with Gasteiger partial charge in [-0.2, -0.15) is 4.39 Å². The second kappa shape index (κ2) is 8.27. The standard InChI is InChI=1S/C19H21FN4O6/c20-13-11-23(16-4-2-10-30-16)19(28)24(17(13)26)12-15(25)21-5-7-22(8-6-21)18(27)14-3-1-9-29-14/h1,3,9,11,16H,2,4-8,10,12H2/t16-/m1/s1. The Bertz CT molecular complexity index is 1050. The van der Waals surface area contributed by atoms with Gasteiger partial charge in [0.25, 0.3) is 11.5 Å². The lowest BCUT2D eigenvalue weighted by molar-refractivity contribution is -0.133. The summed E-state index contributed by atoms with van der Waals surface area (Å²) < 4.78 is 26.2. The molecule has 4 heterocycles. The minimum absolute atomic E-state index is 0.218. The molecule has 0 N–H and O–H groups in total. The van der Waals surface area contributed by atoms with Crippen LogP contribution in [0, 0.1) is 5.82 Å². The van der Waals surface area contributed by atoms with Crippen LogP contribution in [0.3, 0.4) is 0 Å². The summed E-state index contributed by atoms with van der Waals surface area (Å²) >= 11 is 0. The molecule has 11 heteroatoms. The molecule has 0 bridgehead atoms. The number of carbonyl (C=O) groups excluding carboxylic acids is 2. The van der Waals surface area contributed by atoms with Crippen LogP contribution in [0.1, 0.15) is 29.6 Å². The van der Waals surface area contributed by atoms with E-state index in [-0.39, 0.29) is 37.8 Å². The topological polar surface area (TPSA) is 107 Å². The third-order valence-corrected chi connectivity index (χ3v) is 5.31. The molecule has 0 unspecified atom stereocenters. The number of halogens is 1. The molecule has 0 aliphatic carbocycles. The molecule has 10 nitrogen and oxygen atoms in total. The van der Waals surface area contributed by atoms with Crippen molar-refractivity contribution in [2.75, 3.05) is 32.8 Å². The number of ether oxygens (including phenoxy) is 1. The summed E-state index contributed by atoms with van der Waals surface area (Å²) in [5.41, 5.74) is -1.93. The fourth-order valence-corrected chi connectivity index (χ4v) is 3.66. The fraction of sp³-hybridized carbons (Fsp3) is 0.474. The van der Waals surface area contributed by atoms with Crippen LogP contribution in [-0.2, 0) is 16.1 Å². The van der Waals surface area contributed by atoms with E-state index in [0.717, 1.165) is 17.2 Å². The molecule has 4 rings (SSSR count). The number of rotatable bonds is 4. The summed E-state index contributed by atoms with van der Waals surface area (Å²) in [6.07, 6.45) is 2.84. The molecular formula is C19H21FN4O6. The van der Waals surface area contributed by atoms with Crippen LogP contribution < -0.4 is 11.2 Å². The van der Waals surface area contributed by atoms with E-state index in [4.69, 9.17) is 9.15 Å². The van der Waals surface area contributed by atoms with E-state index in [1.807, 2.05) is 0 Å². The highest BCUT2D eigenvalue weighted by molar-refractivity contribution is 5.91. The van der Waals surface area contributed by atoms with Gasteiger partial charge in [0.15, 0.2) is 5.76 Å². The fourth-order valence-electron chi connectivity index (χ4n) is 3.66. The van der Waals surface area contributed by atoms with Crippen molar-refractivity contribution in [3.8, 4) is 0 Å². The van der Waals surface area contributed by atoms with Crippen LogP contribution in [0.2, 0.25) is 0 Å². The summed E-state index contributed by atoms with van der Waals surface area (Å²) in [4.78, 5) is 52.8. The molecule has 2 aliphatic heterocycles. The van der Waals surface area contributed by atoms with Gasteiger partial charge in [-0.1, -0.05) is 0 Å². The number of carbonyl (C=O) groups is 2. The van der Waals surface area contributed by atoms with Crippen molar-refractivity contribution >= 4 is 11.8 Å². The number of amides is 2. The molecule has 2 aliphatic rings. The second-order valence-corrected chi connectivity index (χ2v) is 7.18. The maximum absolute atomic E-state index is 14.1. The third-order valence-electron chi connectivity index (χ3n) is 5.31. The van der Waals surface area contributed by atoms with Crippen molar-refractivity contribution in [1.82, 2.24) is 18.9 Å². The first-order valence-corrected chi connectivity index (χ1v) is 9.69. The summed E-state index contributed by atoms with van der Waals surface area (Å²) in [6, 6.07) is 3.18. The smallest absolute Gasteiger partial charge is 0.333 e. The Balaban J connectivity index is 1.45. The minimum atomic E-state index is -1.14. The van der Waals surface area contributed by atoms with Crippen LogP contribution in [0.15, 0.2) is 38.6 Å². The van der Waals surface area contributed by atoms with Crippen LogP contribution in [-0.4, -0.2) is 63.5 Å². The van der Waals surface area contributed by atoms with Gasteiger partial charge in [0.1, 0.15) is 12.8 Å². The molecule has 0 saturated carbocycles. The molecule has 0 spiro atoms. The molecule has 2 fully saturated rings. The largest absolute Gasteiger partial charge is 0.459 e. The molecule has 0 radical (unpaired) electrons. The normalized spacial score (nSPS) is 19.3. The molecular weight excluding hydrogens is 399 g/mol. The zero-order valence-electron chi connectivity index (χ0n) is 16.2. The first-order valence-electron chi connectivity index (χ1n) is 9.69. The van der Waals surface area contributed by atoms with Gasteiger partial charge in [-0.25, -0.2) is 9.36 Å². The third kappa shape index (κ3) is 3.80. The number of aromatic nitrogens is 2. The Hall–Kier alpha value is -3.21. The average Bonchev–Trinajstić information content (AvgIpc) is 3.47. The number of piperazine rings is 1. The Morgan fingerprint density at radius 3 is 2.50 bits per heavy atom. The number of hydrogen-bond acceptors (Lipinski definition) is 6. The van der Waals surface area contributed by atoms with Crippen molar-refractivity contribution in [2.45, 2.75) is 25.6 Å². The molecule has 1 atom stereocenters. The highest BCUT2D eigenvalue weighted by atomic mass is 19.1. The van der Waals surface area contributed by atoms with Crippen molar-refractivity contribution in [1.29, 1.82) is 0 Å². The summed E-state index contributed by atoms with van der Waals surface area (Å²) in [5, 5.41) is 0. The Labute approximate surface area is 170 Å². The highest BCUT2D eigenvalue weighted by Gasteiger charge is 2.28. The minimum Gasteiger partial charge on any atom is -0.459 e. The zero-order chi connectivity index (χ0) is 21.3. The number of furan rings is 1. The van der Waals surface area contributed by atoms with E-state index < -0.39 is 35.7 Å². The van der Waals surface area contributed by atoms with E-state index in [1.54, 1.807) is 17.0 Å². The molecule has 0 aromatic carbocycles. The second-order valence-electron chi connectivity index (χ2n) is 7.18. The van der Waals surface area contributed by atoms with Gasteiger partial charge in [-0.15, -0.1) is 0 Å². The van der Waals surface area contributed by atoms with E-state index in [2.05, 4.69) is 0 Å². The Morgan fingerprint density at radius 2 is 1.87 bits per heavy atom. The number of nitrogens with zero attached hydrogens (tertiary/aromatic N) is 4. The quantitative estimate of drug-likeness (QED) is 0.691. The number of hydrogen-bond donors (Lipinski definition) is 0. The first kappa shape index (κ1) is 20.1. The van der Waals surface area contributed by atoms with Crippen molar-refractivity contribution < 1.29 is 23.1 Å². The van der Waals surface area contributed by atoms with Gasteiger partial charge < -0.3 is 19.0 Å². The Morgan fingerprint density at radius 1 is 1.13 bits per heavy atom. The van der Waals surface area contributed by atoms with Gasteiger partial charge in [0.2, 0.25) is 11.7 Å². The van der Waals surface area contributed by atoms with Crippen LogP contribution >= 0.6 is 0 Å².